The van der Waals surface area contributed by atoms with Crippen molar-refractivity contribution in [3.8, 4) is 11.8 Å². The average Bonchev–Trinajstić information content (AvgIpc) is 2.80. The maximum Gasteiger partial charge on any atom is 0.256 e. The Labute approximate surface area is 131 Å². The predicted molar refractivity (Wildman–Crippen MR) is 77.6 cm³/mol. The van der Waals surface area contributed by atoms with E-state index in [9.17, 15) is 18.8 Å². The first kappa shape index (κ1) is 15.0. The van der Waals surface area contributed by atoms with Crippen molar-refractivity contribution in [2.45, 2.75) is 12.6 Å². The van der Waals surface area contributed by atoms with Crippen molar-refractivity contribution in [3.05, 3.63) is 64.7 Å². The largest absolute Gasteiger partial charge is 0.496 e. The fraction of sp³-hybridized carbons (Fsp3) is 0.176. The SMILES string of the molecule is COc1ccccc1CN1C(=O)c2cc(F)cc(F)c2C1C#N. The van der Waals surface area contributed by atoms with Gasteiger partial charge < -0.3 is 9.64 Å². The molecular weight excluding hydrogens is 302 g/mol. The molecule has 1 aliphatic heterocycles. The molecule has 1 aliphatic rings. The Kier molecular flexibility index (Phi) is 3.70. The average molecular weight is 314 g/mol. The number of amides is 1. The number of hydrogen-bond donors (Lipinski definition) is 0. The Hall–Kier alpha value is -2.94. The van der Waals surface area contributed by atoms with Crippen LogP contribution in [0.25, 0.3) is 0 Å². The Bertz CT molecular complexity index is 830. The van der Waals surface area contributed by atoms with Crippen LogP contribution in [0.3, 0.4) is 0 Å². The summed E-state index contributed by atoms with van der Waals surface area (Å²) in [5, 5.41) is 9.36. The molecule has 0 aromatic heterocycles. The van der Waals surface area contributed by atoms with Crippen molar-refractivity contribution in [2.24, 2.45) is 0 Å². The van der Waals surface area contributed by atoms with Gasteiger partial charge in [-0.2, -0.15) is 5.26 Å². The summed E-state index contributed by atoms with van der Waals surface area (Å²) >= 11 is 0. The van der Waals surface area contributed by atoms with Crippen molar-refractivity contribution in [1.29, 1.82) is 5.26 Å². The lowest BCUT2D eigenvalue weighted by Crippen LogP contribution is -2.27. The topological polar surface area (TPSA) is 53.3 Å². The van der Waals surface area contributed by atoms with Crippen molar-refractivity contribution in [1.82, 2.24) is 4.90 Å². The van der Waals surface area contributed by atoms with Crippen molar-refractivity contribution < 1.29 is 18.3 Å². The van der Waals surface area contributed by atoms with E-state index in [0.717, 1.165) is 6.07 Å². The van der Waals surface area contributed by atoms with E-state index in [2.05, 4.69) is 0 Å². The highest BCUT2D eigenvalue weighted by molar-refractivity contribution is 5.99. The van der Waals surface area contributed by atoms with Crippen LogP contribution >= 0.6 is 0 Å². The van der Waals surface area contributed by atoms with Gasteiger partial charge >= 0.3 is 0 Å². The highest BCUT2D eigenvalue weighted by Gasteiger charge is 2.40. The number of ether oxygens (including phenoxy) is 1. The van der Waals surface area contributed by atoms with E-state index in [-0.39, 0.29) is 17.7 Å². The van der Waals surface area contributed by atoms with Crippen LogP contribution in [-0.4, -0.2) is 17.9 Å². The second-order valence-corrected chi connectivity index (χ2v) is 5.13. The first-order valence-electron chi connectivity index (χ1n) is 6.88. The molecule has 6 heteroatoms. The van der Waals surface area contributed by atoms with E-state index in [1.807, 2.05) is 6.07 Å². The molecule has 0 saturated heterocycles. The number of fused-ring (bicyclic) bond motifs is 1. The van der Waals surface area contributed by atoms with E-state index in [1.54, 1.807) is 24.3 Å². The minimum absolute atomic E-state index is 0.0663. The molecule has 0 radical (unpaired) electrons. The number of halogens is 2. The third-order valence-electron chi connectivity index (χ3n) is 3.83. The number of para-hydroxylation sites is 1. The number of benzene rings is 2. The number of nitriles is 1. The van der Waals surface area contributed by atoms with E-state index in [1.165, 1.54) is 12.0 Å². The summed E-state index contributed by atoms with van der Waals surface area (Å²) in [6.07, 6.45) is 0. The molecule has 1 heterocycles. The van der Waals surface area contributed by atoms with Gasteiger partial charge in [0, 0.05) is 17.2 Å². The molecule has 3 rings (SSSR count). The first-order chi connectivity index (χ1) is 11.1. The summed E-state index contributed by atoms with van der Waals surface area (Å²) in [5.74, 6) is -1.75. The van der Waals surface area contributed by atoms with Gasteiger partial charge in [-0.25, -0.2) is 8.78 Å². The second-order valence-electron chi connectivity index (χ2n) is 5.13. The van der Waals surface area contributed by atoms with Gasteiger partial charge in [-0.05, 0) is 12.1 Å². The van der Waals surface area contributed by atoms with Crippen LogP contribution in [0.2, 0.25) is 0 Å². The number of carbonyl (C=O) groups excluding carboxylic acids is 1. The molecule has 0 aliphatic carbocycles. The molecule has 0 N–H and O–H groups in total. The number of rotatable bonds is 3. The zero-order chi connectivity index (χ0) is 16.6. The molecule has 4 nitrogen and oxygen atoms in total. The Morgan fingerprint density at radius 1 is 1.30 bits per heavy atom. The monoisotopic (exact) mass is 314 g/mol. The summed E-state index contributed by atoms with van der Waals surface area (Å²) in [6.45, 7) is 0.0663. The van der Waals surface area contributed by atoms with Gasteiger partial charge in [0.1, 0.15) is 23.4 Å². The molecule has 0 bridgehead atoms. The fourth-order valence-corrected chi connectivity index (χ4v) is 2.78. The van der Waals surface area contributed by atoms with Gasteiger partial charge in [-0.3, -0.25) is 4.79 Å². The van der Waals surface area contributed by atoms with E-state index in [4.69, 9.17) is 4.74 Å². The summed E-state index contributed by atoms with van der Waals surface area (Å²) in [7, 11) is 1.50. The number of nitrogens with zero attached hydrogens (tertiary/aromatic N) is 2. The summed E-state index contributed by atoms with van der Waals surface area (Å²) < 4.78 is 32.6. The van der Waals surface area contributed by atoms with E-state index < -0.39 is 23.6 Å². The second kappa shape index (κ2) is 5.69. The van der Waals surface area contributed by atoms with Gasteiger partial charge in [0.2, 0.25) is 0 Å². The van der Waals surface area contributed by atoms with E-state index >= 15 is 0 Å². The predicted octanol–water partition coefficient (Wildman–Crippen LogP) is 3.19. The third kappa shape index (κ3) is 2.40. The van der Waals surface area contributed by atoms with Gasteiger partial charge in [-0.1, -0.05) is 18.2 Å². The molecule has 23 heavy (non-hydrogen) atoms. The molecule has 116 valence electrons. The minimum Gasteiger partial charge on any atom is -0.496 e. The first-order valence-corrected chi connectivity index (χ1v) is 6.88. The third-order valence-corrected chi connectivity index (χ3v) is 3.83. The summed E-state index contributed by atoms with van der Waals surface area (Å²) in [4.78, 5) is 13.7. The molecule has 1 unspecified atom stereocenters. The number of carbonyl (C=O) groups is 1. The molecule has 1 amide bonds. The van der Waals surface area contributed by atoms with Gasteiger partial charge in [0.15, 0.2) is 0 Å². The quantitative estimate of drug-likeness (QED) is 0.874. The molecular formula is C17H12F2N2O2. The van der Waals surface area contributed by atoms with Gasteiger partial charge in [0.05, 0.1) is 25.3 Å². The van der Waals surface area contributed by atoms with Crippen molar-refractivity contribution in [2.75, 3.05) is 7.11 Å². The lowest BCUT2D eigenvalue weighted by atomic mass is 10.0. The number of methoxy groups -OCH3 is 1. The van der Waals surface area contributed by atoms with Crippen LogP contribution < -0.4 is 4.74 Å². The van der Waals surface area contributed by atoms with Crippen LogP contribution in [0, 0.1) is 23.0 Å². The summed E-state index contributed by atoms with van der Waals surface area (Å²) in [6, 6.07) is 9.50. The Morgan fingerprint density at radius 3 is 2.74 bits per heavy atom. The molecule has 0 spiro atoms. The molecule has 2 aromatic carbocycles. The highest BCUT2D eigenvalue weighted by Crippen LogP contribution is 2.37. The van der Waals surface area contributed by atoms with Crippen molar-refractivity contribution >= 4 is 5.91 Å². The molecule has 0 fully saturated rings. The molecule has 1 atom stereocenters. The van der Waals surface area contributed by atoms with E-state index in [0.29, 0.717) is 17.4 Å². The maximum atomic E-state index is 14.0. The Balaban J connectivity index is 2.03. The minimum atomic E-state index is -1.09. The molecule has 2 aromatic rings. The highest BCUT2D eigenvalue weighted by atomic mass is 19.1. The van der Waals surface area contributed by atoms with Crippen LogP contribution in [0.15, 0.2) is 36.4 Å². The summed E-state index contributed by atoms with van der Waals surface area (Å²) in [5.41, 5.74) is 0.495. The van der Waals surface area contributed by atoms with Gasteiger partial charge in [0.25, 0.3) is 5.91 Å². The fourth-order valence-electron chi connectivity index (χ4n) is 2.78. The van der Waals surface area contributed by atoms with Crippen LogP contribution in [0.4, 0.5) is 8.78 Å². The number of hydrogen-bond acceptors (Lipinski definition) is 3. The zero-order valence-corrected chi connectivity index (χ0v) is 12.2. The van der Waals surface area contributed by atoms with Gasteiger partial charge in [-0.15, -0.1) is 0 Å². The lowest BCUT2D eigenvalue weighted by molar-refractivity contribution is 0.0742. The smallest absolute Gasteiger partial charge is 0.256 e. The standard InChI is InChI=1S/C17H12F2N2O2/c1-23-15-5-3-2-4-10(15)9-21-14(8-20)16-12(17(21)22)6-11(18)7-13(16)19/h2-7,14H,9H2,1H3. The normalized spacial score (nSPS) is 16.2. The molecule has 0 saturated carbocycles. The van der Waals surface area contributed by atoms with Crippen molar-refractivity contribution in [3.63, 3.8) is 0 Å². The van der Waals surface area contributed by atoms with Crippen LogP contribution in [0.1, 0.15) is 27.5 Å². The van der Waals surface area contributed by atoms with Crippen LogP contribution in [-0.2, 0) is 6.54 Å². The van der Waals surface area contributed by atoms with Crippen LogP contribution in [0.5, 0.6) is 5.75 Å². The lowest BCUT2D eigenvalue weighted by Gasteiger charge is -2.21. The zero-order valence-electron chi connectivity index (χ0n) is 12.2. The maximum absolute atomic E-state index is 14.0. The Morgan fingerprint density at radius 2 is 2.04 bits per heavy atom.